The third kappa shape index (κ3) is 6.88. The van der Waals surface area contributed by atoms with Gasteiger partial charge < -0.3 is 15.8 Å². The fourth-order valence-electron chi connectivity index (χ4n) is 1.40. The van der Waals surface area contributed by atoms with E-state index in [9.17, 15) is 4.79 Å². The van der Waals surface area contributed by atoms with Gasteiger partial charge in [-0.25, -0.2) is 4.68 Å². The van der Waals surface area contributed by atoms with Crippen LogP contribution in [0.4, 0.5) is 0 Å². The largest absolute Gasteiger partial charge is 0.380 e. The van der Waals surface area contributed by atoms with Gasteiger partial charge in [0.05, 0.1) is 18.5 Å². The fraction of sp³-hybridized carbons (Fsp3) is 0.750. The van der Waals surface area contributed by atoms with Crippen LogP contribution in [-0.2, 0) is 22.6 Å². The Balaban J connectivity index is 2.08. The van der Waals surface area contributed by atoms with Crippen molar-refractivity contribution in [3.8, 4) is 0 Å². The highest BCUT2D eigenvalue weighted by atomic mass is 16.5. The summed E-state index contributed by atoms with van der Waals surface area (Å²) in [5.41, 5.74) is 6.08. The van der Waals surface area contributed by atoms with E-state index in [1.165, 1.54) is 4.68 Å². The van der Waals surface area contributed by atoms with Crippen molar-refractivity contribution in [2.75, 3.05) is 19.8 Å². The van der Waals surface area contributed by atoms with Gasteiger partial charge in [-0.2, -0.15) is 0 Å². The second kappa shape index (κ2) is 8.60. The van der Waals surface area contributed by atoms with Crippen molar-refractivity contribution < 1.29 is 9.53 Å². The third-order valence-electron chi connectivity index (χ3n) is 2.51. The summed E-state index contributed by atoms with van der Waals surface area (Å²) in [4.78, 5) is 11.6. The molecule has 0 aliphatic heterocycles. The monoisotopic (exact) mass is 269 g/mol. The molecule has 0 spiro atoms. The van der Waals surface area contributed by atoms with Crippen LogP contribution in [0, 0.1) is 5.92 Å². The number of nitrogens with zero attached hydrogens (tertiary/aromatic N) is 3. The van der Waals surface area contributed by atoms with Gasteiger partial charge in [0, 0.05) is 19.7 Å². The molecule has 108 valence electrons. The molecule has 0 saturated carbocycles. The van der Waals surface area contributed by atoms with Crippen molar-refractivity contribution in [3.05, 3.63) is 11.9 Å². The number of hydrogen-bond acceptors (Lipinski definition) is 5. The molecular formula is C12H23N5O2. The van der Waals surface area contributed by atoms with E-state index in [0.717, 1.165) is 13.0 Å². The molecule has 3 N–H and O–H groups in total. The lowest BCUT2D eigenvalue weighted by Crippen LogP contribution is -2.30. The lowest BCUT2D eigenvalue weighted by molar-refractivity contribution is -0.122. The van der Waals surface area contributed by atoms with E-state index in [4.69, 9.17) is 10.5 Å². The van der Waals surface area contributed by atoms with Crippen LogP contribution in [0.15, 0.2) is 6.20 Å². The lowest BCUT2D eigenvalue weighted by Gasteiger charge is -2.07. The first-order valence-corrected chi connectivity index (χ1v) is 6.55. The second-order valence-electron chi connectivity index (χ2n) is 4.76. The van der Waals surface area contributed by atoms with Crippen LogP contribution in [-0.4, -0.2) is 40.7 Å². The average molecular weight is 269 g/mol. The van der Waals surface area contributed by atoms with E-state index in [1.54, 1.807) is 6.20 Å². The minimum Gasteiger partial charge on any atom is -0.380 e. The molecule has 0 atom stereocenters. The molecule has 0 bridgehead atoms. The van der Waals surface area contributed by atoms with Crippen molar-refractivity contribution in [3.63, 3.8) is 0 Å². The normalized spacial score (nSPS) is 10.9. The Kier molecular flexibility index (Phi) is 7.06. The van der Waals surface area contributed by atoms with E-state index in [0.29, 0.717) is 31.3 Å². The van der Waals surface area contributed by atoms with Gasteiger partial charge in [0.1, 0.15) is 6.54 Å². The summed E-state index contributed by atoms with van der Waals surface area (Å²) in [5.74, 6) is 0.527. The molecule has 7 nitrogen and oxygen atoms in total. The zero-order chi connectivity index (χ0) is 14.1. The van der Waals surface area contributed by atoms with Crippen molar-refractivity contribution in [2.45, 2.75) is 33.4 Å². The summed E-state index contributed by atoms with van der Waals surface area (Å²) in [7, 11) is 0. The van der Waals surface area contributed by atoms with Gasteiger partial charge in [0.2, 0.25) is 5.91 Å². The minimum atomic E-state index is -0.110. The van der Waals surface area contributed by atoms with Gasteiger partial charge in [0.15, 0.2) is 0 Å². The Hall–Kier alpha value is -1.47. The van der Waals surface area contributed by atoms with Crippen LogP contribution < -0.4 is 11.1 Å². The summed E-state index contributed by atoms with van der Waals surface area (Å²) in [6, 6.07) is 0. The maximum atomic E-state index is 11.6. The maximum absolute atomic E-state index is 11.6. The standard InChI is InChI=1S/C12H23N5O2/c1-10(2)3-5-19-6-4-14-12(18)9-17-8-11(7-13)15-16-17/h8,10H,3-7,9,13H2,1-2H3,(H,14,18). The van der Waals surface area contributed by atoms with Gasteiger partial charge in [0.25, 0.3) is 0 Å². The highest BCUT2D eigenvalue weighted by Gasteiger charge is 2.04. The van der Waals surface area contributed by atoms with Gasteiger partial charge in [-0.1, -0.05) is 19.1 Å². The van der Waals surface area contributed by atoms with Crippen LogP contribution >= 0.6 is 0 Å². The number of carbonyl (C=O) groups is 1. The quantitative estimate of drug-likeness (QED) is 0.611. The molecule has 1 rings (SSSR count). The topological polar surface area (TPSA) is 95.1 Å². The molecule has 0 aromatic carbocycles. The van der Waals surface area contributed by atoms with Crippen molar-refractivity contribution in [1.29, 1.82) is 0 Å². The predicted octanol–water partition coefficient (Wildman–Crippen LogP) is -0.0843. The Morgan fingerprint density at radius 1 is 1.53 bits per heavy atom. The van der Waals surface area contributed by atoms with Crippen LogP contribution in [0.3, 0.4) is 0 Å². The number of rotatable bonds is 9. The molecule has 1 amide bonds. The number of ether oxygens (including phenoxy) is 1. The summed E-state index contributed by atoms with van der Waals surface area (Å²) in [6.45, 7) is 6.55. The number of hydrogen-bond donors (Lipinski definition) is 2. The fourth-order valence-corrected chi connectivity index (χ4v) is 1.40. The molecule has 0 saturated heterocycles. The molecular weight excluding hydrogens is 246 g/mol. The first kappa shape index (κ1) is 15.6. The summed E-state index contributed by atoms with van der Waals surface area (Å²) >= 11 is 0. The molecule has 0 radical (unpaired) electrons. The van der Waals surface area contributed by atoms with Crippen molar-refractivity contribution >= 4 is 5.91 Å². The Bertz CT molecular complexity index is 378. The van der Waals surface area contributed by atoms with Crippen LogP contribution in [0.5, 0.6) is 0 Å². The lowest BCUT2D eigenvalue weighted by atomic mass is 10.1. The molecule has 1 aromatic heterocycles. The molecule has 1 aromatic rings. The molecule has 7 heteroatoms. The minimum absolute atomic E-state index is 0.110. The van der Waals surface area contributed by atoms with E-state index in [-0.39, 0.29) is 12.5 Å². The molecule has 0 unspecified atom stereocenters. The molecule has 0 fully saturated rings. The zero-order valence-electron chi connectivity index (χ0n) is 11.6. The SMILES string of the molecule is CC(C)CCOCCNC(=O)Cn1cc(CN)nn1. The number of amides is 1. The number of carbonyl (C=O) groups excluding carboxylic acids is 1. The molecule has 19 heavy (non-hydrogen) atoms. The Morgan fingerprint density at radius 3 is 2.95 bits per heavy atom. The average Bonchev–Trinajstić information content (AvgIpc) is 2.81. The van der Waals surface area contributed by atoms with Crippen molar-refractivity contribution in [1.82, 2.24) is 20.3 Å². The van der Waals surface area contributed by atoms with Gasteiger partial charge >= 0.3 is 0 Å². The summed E-state index contributed by atoms with van der Waals surface area (Å²) in [5, 5.41) is 10.4. The van der Waals surface area contributed by atoms with E-state index in [1.807, 2.05) is 0 Å². The highest BCUT2D eigenvalue weighted by molar-refractivity contribution is 5.75. The van der Waals surface area contributed by atoms with Crippen LogP contribution in [0.2, 0.25) is 0 Å². The van der Waals surface area contributed by atoms with E-state index >= 15 is 0 Å². The maximum Gasteiger partial charge on any atom is 0.241 e. The number of nitrogens with one attached hydrogen (secondary N) is 1. The highest BCUT2D eigenvalue weighted by Crippen LogP contribution is 1.98. The first-order chi connectivity index (χ1) is 9.11. The molecule has 0 aliphatic rings. The van der Waals surface area contributed by atoms with E-state index < -0.39 is 0 Å². The van der Waals surface area contributed by atoms with Gasteiger partial charge in [-0.3, -0.25) is 4.79 Å². The van der Waals surface area contributed by atoms with Gasteiger partial charge in [-0.15, -0.1) is 5.10 Å². The first-order valence-electron chi connectivity index (χ1n) is 6.55. The summed E-state index contributed by atoms with van der Waals surface area (Å²) in [6.07, 6.45) is 2.70. The molecule has 0 aliphatic carbocycles. The van der Waals surface area contributed by atoms with Crippen LogP contribution in [0.25, 0.3) is 0 Å². The number of nitrogens with two attached hydrogens (primary N) is 1. The van der Waals surface area contributed by atoms with Gasteiger partial charge in [-0.05, 0) is 12.3 Å². The summed E-state index contributed by atoms with van der Waals surface area (Å²) < 4.78 is 6.87. The smallest absolute Gasteiger partial charge is 0.241 e. The zero-order valence-corrected chi connectivity index (χ0v) is 11.6. The molecule has 1 heterocycles. The Morgan fingerprint density at radius 2 is 2.32 bits per heavy atom. The van der Waals surface area contributed by atoms with Crippen molar-refractivity contribution in [2.24, 2.45) is 11.7 Å². The second-order valence-corrected chi connectivity index (χ2v) is 4.76. The number of aromatic nitrogens is 3. The third-order valence-corrected chi connectivity index (χ3v) is 2.51. The Labute approximate surface area is 113 Å². The van der Waals surface area contributed by atoms with E-state index in [2.05, 4.69) is 29.5 Å². The van der Waals surface area contributed by atoms with Crippen LogP contribution in [0.1, 0.15) is 26.0 Å². The predicted molar refractivity (Wildman–Crippen MR) is 71.2 cm³/mol.